The lowest BCUT2D eigenvalue weighted by Crippen LogP contribution is -2.62. The van der Waals surface area contributed by atoms with Gasteiger partial charge in [0.15, 0.2) is 0 Å². The van der Waals surface area contributed by atoms with Gasteiger partial charge in [0.2, 0.25) is 59.1 Å². The maximum atomic E-state index is 14.0. The van der Waals surface area contributed by atoms with E-state index in [2.05, 4.69) is 62.5 Å². The molecule has 0 aliphatic carbocycles. The van der Waals surface area contributed by atoms with Crippen LogP contribution in [0.5, 0.6) is 5.75 Å². The molecule has 1 aromatic rings. The molecule has 374 valence electrons. The number of thiol groups is 2. The number of phenolic OH excluding ortho intramolecular Hbond substituents is 1. The lowest BCUT2D eigenvalue weighted by molar-refractivity contribution is -0.142. The zero-order valence-corrected chi connectivity index (χ0v) is 39.9. The number of carbonyl (C=O) groups excluding carboxylic acids is 10. The van der Waals surface area contributed by atoms with E-state index in [0.717, 1.165) is 0 Å². The summed E-state index contributed by atoms with van der Waals surface area (Å²) in [5, 5.41) is 37.5. The summed E-state index contributed by atoms with van der Waals surface area (Å²) in [5.41, 5.74) is 16.9. The quantitative estimate of drug-likeness (QED) is 0.0357. The second-order valence-corrected chi connectivity index (χ2v) is 17.1. The molecule has 10 atom stereocenters. The summed E-state index contributed by atoms with van der Waals surface area (Å²) >= 11 is 8.27. The topological polar surface area (TPSA) is 377 Å². The van der Waals surface area contributed by atoms with Crippen molar-refractivity contribution in [1.29, 1.82) is 0 Å². The second-order valence-electron chi connectivity index (χ2n) is 16.4. The van der Waals surface area contributed by atoms with Crippen molar-refractivity contribution >= 4 is 84.3 Å². The molecule has 1 aliphatic heterocycles. The molecule has 2 rings (SSSR count). The molecule has 1 saturated heterocycles. The first-order valence-electron chi connectivity index (χ1n) is 22.0. The van der Waals surface area contributed by atoms with Gasteiger partial charge in [0.25, 0.3) is 0 Å². The second kappa shape index (κ2) is 28.5. The van der Waals surface area contributed by atoms with Gasteiger partial charge in [-0.25, -0.2) is 0 Å². The Morgan fingerprint density at radius 3 is 1.78 bits per heavy atom. The summed E-state index contributed by atoms with van der Waals surface area (Å²) in [6.07, 6.45) is 0.564. The third-order valence-corrected chi connectivity index (χ3v) is 12.1. The fourth-order valence-corrected chi connectivity index (χ4v) is 7.29. The van der Waals surface area contributed by atoms with E-state index >= 15 is 0 Å². The zero-order valence-electron chi connectivity index (χ0n) is 38.1. The maximum Gasteiger partial charge on any atom is 0.246 e. The lowest BCUT2D eigenvalue weighted by atomic mass is 9.96. The van der Waals surface area contributed by atoms with Crippen LogP contribution in [0.3, 0.4) is 0 Å². The number of amides is 10. The number of carbonyl (C=O) groups is 10. The summed E-state index contributed by atoms with van der Waals surface area (Å²) < 4.78 is 0. The van der Waals surface area contributed by atoms with Crippen LogP contribution in [0.2, 0.25) is 0 Å². The third kappa shape index (κ3) is 18.2. The first kappa shape index (κ1) is 57.5. The van der Waals surface area contributed by atoms with Gasteiger partial charge in [0.1, 0.15) is 48.0 Å². The summed E-state index contributed by atoms with van der Waals surface area (Å²) in [7, 11) is 0. The number of hydrogen-bond acceptors (Lipinski definition) is 15. The highest BCUT2D eigenvalue weighted by molar-refractivity contribution is 7.80. The summed E-state index contributed by atoms with van der Waals surface area (Å²) in [5.74, 6) is -9.40. The van der Waals surface area contributed by atoms with Gasteiger partial charge in [-0.2, -0.15) is 25.3 Å². The van der Waals surface area contributed by atoms with Crippen molar-refractivity contribution in [3.05, 3.63) is 29.8 Å². The molecule has 67 heavy (non-hydrogen) atoms. The molecule has 1 fully saturated rings. The number of aliphatic hydroxyl groups excluding tert-OH is 1. The van der Waals surface area contributed by atoms with Crippen molar-refractivity contribution in [1.82, 2.24) is 42.1 Å². The van der Waals surface area contributed by atoms with Crippen LogP contribution in [0.15, 0.2) is 24.3 Å². The van der Waals surface area contributed by atoms with Gasteiger partial charge in [-0.1, -0.05) is 52.7 Å². The third-order valence-electron chi connectivity index (χ3n) is 11.3. The van der Waals surface area contributed by atoms with E-state index in [4.69, 9.17) is 17.2 Å². The molecular weight excluding hydrogens is 915 g/mol. The minimum atomic E-state index is -1.72. The number of benzene rings is 1. The highest BCUT2D eigenvalue weighted by Gasteiger charge is 2.40. The Kier molecular flexibility index (Phi) is 24.4. The largest absolute Gasteiger partial charge is 0.508 e. The SMILES string of the molecule is CC[C@@H](C)[C@@H](NC(=O)[C@H](Cc1ccc(O)cc1)NC(=O)[C@@H](N)CS)C(=O)N[C@@H](CCC(N)=O)C(=O)N[C@@H](CO)C(=O)N[C@@H](CS)C(=O)N1CCC[C@H]1C(=O)N[C@H](C(=O)NCC(N)=O)[C@@H](C)CC. The Hall–Kier alpha value is -5.66. The summed E-state index contributed by atoms with van der Waals surface area (Å²) in [6.45, 7) is 5.57. The van der Waals surface area contributed by atoms with Gasteiger partial charge in [-0.05, 0) is 48.8 Å². The van der Waals surface area contributed by atoms with Crippen molar-refractivity contribution in [3.8, 4) is 5.75 Å². The number of nitrogens with zero attached hydrogens (tertiary/aromatic N) is 1. The normalized spacial score (nSPS) is 17.4. The predicted molar refractivity (Wildman–Crippen MR) is 250 cm³/mol. The molecule has 0 unspecified atom stereocenters. The van der Waals surface area contributed by atoms with E-state index in [-0.39, 0.29) is 49.0 Å². The van der Waals surface area contributed by atoms with Crippen LogP contribution in [0.25, 0.3) is 0 Å². The predicted octanol–water partition coefficient (Wildman–Crippen LogP) is -4.03. The molecule has 10 amide bonds. The molecule has 1 aromatic carbocycles. The van der Waals surface area contributed by atoms with Gasteiger partial charge in [-0.15, -0.1) is 0 Å². The number of hydrogen-bond donors (Lipinski definition) is 14. The zero-order chi connectivity index (χ0) is 50.5. The van der Waals surface area contributed by atoms with Crippen LogP contribution in [-0.2, 0) is 54.4 Å². The number of aliphatic hydroxyl groups is 1. The molecule has 0 radical (unpaired) electrons. The Bertz CT molecular complexity index is 1910. The van der Waals surface area contributed by atoms with Gasteiger partial charge in [0.05, 0.1) is 19.2 Å². The molecule has 0 aromatic heterocycles. The number of nitrogens with two attached hydrogens (primary N) is 3. The van der Waals surface area contributed by atoms with E-state index in [1.54, 1.807) is 27.7 Å². The summed E-state index contributed by atoms with van der Waals surface area (Å²) in [6, 6.07) is -4.57. The highest BCUT2D eigenvalue weighted by atomic mass is 32.1. The standard InChI is InChI=1S/C42H67N11O12S2/c1-5-21(3)33(40(63)46-17-32(45)57)52-39(62)30-8-7-15-53(30)42(65)29(20-67)50-38(61)28(18-54)49-36(59)26(13-14-31(44)56)47-41(64)34(22(4)6-2)51-37(60)27(48-35(58)25(43)19-66)16-23-9-11-24(55)12-10-23/h9-12,21-22,25-30,33-34,54-55,66-67H,5-8,13-20,43H2,1-4H3,(H2,44,56)(H2,45,57)(H,46,63)(H,47,64)(H,48,58)(H,49,59)(H,50,61)(H,51,60)(H,52,62)/t21-,22+,25-,26-,27-,28-,29-,30-,33-,34+/m0/s1. The Balaban J connectivity index is 2.27. The molecule has 0 bridgehead atoms. The van der Waals surface area contributed by atoms with Crippen LogP contribution in [0.1, 0.15) is 71.8 Å². The molecular formula is C42H67N11O12S2. The van der Waals surface area contributed by atoms with Crippen LogP contribution in [0, 0.1) is 11.8 Å². The minimum Gasteiger partial charge on any atom is -0.508 e. The average Bonchev–Trinajstić information content (AvgIpc) is 3.80. The maximum absolute atomic E-state index is 14.0. The van der Waals surface area contributed by atoms with Crippen molar-refractivity contribution in [3.63, 3.8) is 0 Å². The van der Waals surface area contributed by atoms with Crippen LogP contribution >= 0.6 is 25.3 Å². The molecule has 23 nitrogen and oxygen atoms in total. The number of rotatable bonds is 28. The highest BCUT2D eigenvalue weighted by Crippen LogP contribution is 2.21. The fourth-order valence-electron chi connectivity index (χ4n) is 6.87. The molecule has 0 spiro atoms. The number of phenols is 1. The van der Waals surface area contributed by atoms with E-state index in [1.807, 2.05) is 0 Å². The van der Waals surface area contributed by atoms with Crippen molar-refractivity contribution in [2.75, 3.05) is 31.2 Å². The monoisotopic (exact) mass is 981 g/mol. The fraction of sp³-hybridized carbons (Fsp3) is 0.619. The van der Waals surface area contributed by atoms with E-state index in [9.17, 15) is 58.2 Å². The first-order valence-corrected chi connectivity index (χ1v) is 23.2. The molecule has 25 heteroatoms. The number of nitrogens with one attached hydrogen (secondary N) is 7. The van der Waals surface area contributed by atoms with Gasteiger partial charge in [-0.3, -0.25) is 47.9 Å². The number of likely N-dealkylation sites (tertiary alicyclic amines) is 1. The Morgan fingerprint density at radius 1 is 0.701 bits per heavy atom. The van der Waals surface area contributed by atoms with Gasteiger partial charge in [0, 0.05) is 30.9 Å². The van der Waals surface area contributed by atoms with E-state index < -0.39 is 133 Å². The first-order chi connectivity index (χ1) is 31.6. The van der Waals surface area contributed by atoms with Crippen LogP contribution < -0.4 is 54.4 Å². The smallest absolute Gasteiger partial charge is 0.246 e. The molecule has 1 aliphatic rings. The molecule has 0 saturated carbocycles. The summed E-state index contributed by atoms with van der Waals surface area (Å²) in [4.78, 5) is 132. The minimum absolute atomic E-state index is 0.0338. The Morgan fingerprint density at radius 2 is 1.24 bits per heavy atom. The van der Waals surface area contributed by atoms with E-state index in [0.29, 0.717) is 24.8 Å². The molecule has 15 N–H and O–H groups in total. The van der Waals surface area contributed by atoms with Crippen LogP contribution in [0.4, 0.5) is 0 Å². The van der Waals surface area contributed by atoms with Crippen molar-refractivity contribution in [2.45, 2.75) is 121 Å². The van der Waals surface area contributed by atoms with E-state index in [1.165, 1.54) is 29.2 Å². The lowest BCUT2D eigenvalue weighted by Gasteiger charge is -2.31. The van der Waals surface area contributed by atoms with Gasteiger partial charge < -0.3 is 69.5 Å². The van der Waals surface area contributed by atoms with Crippen molar-refractivity contribution < 1.29 is 58.2 Å². The molecule has 1 heterocycles. The number of aromatic hydroxyl groups is 1. The van der Waals surface area contributed by atoms with Gasteiger partial charge >= 0.3 is 0 Å². The van der Waals surface area contributed by atoms with Crippen molar-refractivity contribution in [2.24, 2.45) is 29.0 Å². The van der Waals surface area contributed by atoms with Crippen LogP contribution in [-0.4, -0.2) is 154 Å². The Labute approximate surface area is 400 Å². The number of primary amides is 2. The average molecular weight is 982 g/mol.